The van der Waals surface area contributed by atoms with Crippen LogP contribution in [-0.2, 0) is 9.59 Å². The zero-order chi connectivity index (χ0) is 13.1. The third-order valence-electron chi connectivity index (χ3n) is 2.66. The molecule has 1 heterocycles. The first-order valence-corrected chi connectivity index (χ1v) is 6.48. The average Bonchev–Trinajstić information content (AvgIpc) is 2.28. The fourth-order valence-electron chi connectivity index (χ4n) is 1.90. The summed E-state index contributed by atoms with van der Waals surface area (Å²) in [5.41, 5.74) is 0.727. The Balaban J connectivity index is 2.14. The topological polar surface area (TPSA) is 66.4 Å². The van der Waals surface area contributed by atoms with Gasteiger partial charge in [-0.15, -0.1) is 11.8 Å². The number of benzene rings is 1. The van der Waals surface area contributed by atoms with Gasteiger partial charge in [0.2, 0.25) is 5.91 Å². The number of fused-ring (bicyclic) bond motifs is 1. The van der Waals surface area contributed by atoms with Crippen LogP contribution in [0, 0.1) is 5.82 Å². The minimum Gasteiger partial charge on any atom is -0.481 e. The number of rotatable bonds is 3. The van der Waals surface area contributed by atoms with Gasteiger partial charge in [-0.1, -0.05) is 0 Å². The van der Waals surface area contributed by atoms with Crippen molar-refractivity contribution < 1.29 is 19.1 Å². The van der Waals surface area contributed by atoms with Gasteiger partial charge in [-0.25, -0.2) is 4.39 Å². The molecule has 1 aromatic rings. The van der Waals surface area contributed by atoms with Crippen molar-refractivity contribution in [3.63, 3.8) is 0 Å². The maximum absolute atomic E-state index is 13.2. The number of amides is 1. The summed E-state index contributed by atoms with van der Waals surface area (Å²) < 4.78 is 13.2. The van der Waals surface area contributed by atoms with E-state index in [2.05, 4.69) is 5.32 Å². The van der Waals surface area contributed by atoms with E-state index in [4.69, 9.17) is 5.11 Å². The molecule has 2 rings (SSSR count). The molecule has 1 unspecified atom stereocenters. The van der Waals surface area contributed by atoms with Crippen LogP contribution in [-0.4, -0.2) is 22.7 Å². The van der Waals surface area contributed by atoms with Crippen LogP contribution in [0.5, 0.6) is 0 Å². The second-order valence-electron chi connectivity index (χ2n) is 4.01. The smallest absolute Gasteiger partial charge is 0.312 e. The van der Waals surface area contributed by atoms with Crippen molar-refractivity contribution in [3.05, 3.63) is 29.6 Å². The summed E-state index contributed by atoms with van der Waals surface area (Å²) in [5.74, 6) is -1.25. The molecule has 0 radical (unpaired) electrons. The van der Waals surface area contributed by atoms with E-state index in [1.165, 1.54) is 12.1 Å². The lowest BCUT2D eigenvalue weighted by Gasteiger charge is -2.25. The summed E-state index contributed by atoms with van der Waals surface area (Å²) in [6, 6.07) is 4.16. The molecule has 0 saturated heterocycles. The second-order valence-corrected chi connectivity index (χ2v) is 5.15. The maximum atomic E-state index is 13.2. The molecule has 0 aromatic heterocycles. The molecular weight excluding hydrogens is 257 g/mol. The largest absolute Gasteiger partial charge is 0.481 e. The van der Waals surface area contributed by atoms with Gasteiger partial charge in [-0.2, -0.15) is 0 Å². The highest BCUT2D eigenvalue weighted by Gasteiger charge is 2.23. The molecule has 1 aliphatic heterocycles. The minimum absolute atomic E-state index is 0.302. The zero-order valence-corrected chi connectivity index (χ0v) is 10.3. The molecule has 0 bridgehead atoms. The molecular formula is C12H12FNO3S. The van der Waals surface area contributed by atoms with Crippen molar-refractivity contribution in [2.75, 3.05) is 5.75 Å². The number of thioether (sulfide) groups is 1. The normalized spacial score (nSPS) is 17.9. The van der Waals surface area contributed by atoms with Crippen LogP contribution < -0.4 is 5.32 Å². The number of hydrogen-bond donors (Lipinski definition) is 2. The monoisotopic (exact) mass is 269 g/mol. The average molecular weight is 269 g/mol. The number of halogens is 1. The lowest BCUT2D eigenvalue weighted by Crippen LogP contribution is -2.32. The first kappa shape index (κ1) is 12.9. The van der Waals surface area contributed by atoms with Crippen molar-refractivity contribution >= 4 is 23.6 Å². The zero-order valence-electron chi connectivity index (χ0n) is 9.48. The standard InChI is InChI=1S/C12H12FNO3S/c13-7-1-2-10-8(5-7)9(3-4-18-10)14-11(15)6-12(16)17/h1-2,5,9H,3-4,6H2,(H,14,15)(H,16,17). The molecule has 4 nitrogen and oxygen atoms in total. The van der Waals surface area contributed by atoms with Crippen LogP contribution in [0.4, 0.5) is 4.39 Å². The molecule has 0 aliphatic carbocycles. The van der Waals surface area contributed by atoms with Crippen molar-refractivity contribution in [1.29, 1.82) is 0 Å². The van der Waals surface area contributed by atoms with Gasteiger partial charge in [0.1, 0.15) is 12.2 Å². The summed E-state index contributed by atoms with van der Waals surface area (Å²) in [7, 11) is 0. The van der Waals surface area contributed by atoms with Gasteiger partial charge in [-0.3, -0.25) is 9.59 Å². The van der Waals surface area contributed by atoms with Gasteiger partial charge < -0.3 is 10.4 Å². The van der Waals surface area contributed by atoms with Crippen molar-refractivity contribution in [2.45, 2.75) is 23.8 Å². The van der Waals surface area contributed by atoms with Crippen LogP contribution in [0.15, 0.2) is 23.1 Å². The molecule has 96 valence electrons. The van der Waals surface area contributed by atoms with E-state index >= 15 is 0 Å². The molecule has 0 spiro atoms. The molecule has 1 amide bonds. The van der Waals surface area contributed by atoms with Gasteiger partial charge >= 0.3 is 5.97 Å². The predicted molar refractivity (Wildman–Crippen MR) is 64.9 cm³/mol. The highest BCUT2D eigenvalue weighted by Crippen LogP contribution is 2.36. The number of aliphatic carboxylic acids is 1. The molecule has 0 fully saturated rings. The summed E-state index contributed by atoms with van der Waals surface area (Å²) >= 11 is 1.61. The quantitative estimate of drug-likeness (QED) is 0.823. The van der Waals surface area contributed by atoms with Crippen molar-refractivity contribution in [2.24, 2.45) is 0 Å². The number of carbonyl (C=O) groups excluding carboxylic acids is 1. The van der Waals surface area contributed by atoms with E-state index in [1.807, 2.05) is 0 Å². The third kappa shape index (κ3) is 3.01. The van der Waals surface area contributed by atoms with Gasteiger partial charge in [-0.05, 0) is 30.2 Å². The number of carboxylic acids is 1. The summed E-state index contributed by atoms with van der Waals surface area (Å²) in [6.45, 7) is 0. The Morgan fingerprint density at radius 2 is 2.28 bits per heavy atom. The van der Waals surface area contributed by atoms with E-state index in [1.54, 1.807) is 17.8 Å². The van der Waals surface area contributed by atoms with E-state index in [0.29, 0.717) is 6.42 Å². The van der Waals surface area contributed by atoms with Crippen LogP contribution in [0.3, 0.4) is 0 Å². The summed E-state index contributed by atoms with van der Waals surface area (Å²) in [4.78, 5) is 22.8. The lowest BCUT2D eigenvalue weighted by atomic mass is 10.0. The van der Waals surface area contributed by atoms with Crippen molar-refractivity contribution in [3.8, 4) is 0 Å². The Kier molecular flexibility index (Phi) is 3.86. The highest BCUT2D eigenvalue weighted by molar-refractivity contribution is 7.99. The van der Waals surface area contributed by atoms with E-state index in [9.17, 15) is 14.0 Å². The molecule has 18 heavy (non-hydrogen) atoms. The fourth-order valence-corrected chi connectivity index (χ4v) is 3.00. The molecule has 0 saturated carbocycles. The van der Waals surface area contributed by atoms with Gasteiger partial charge in [0.25, 0.3) is 0 Å². The molecule has 1 aromatic carbocycles. The first-order chi connectivity index (χ1) is 8.56. The fraction of sp³-hybridized carbons (Fsp3) is 0.333. The van der Waals surface area contributed by atoms with Crippen molar-refractivity contribution in [1.82, 2.24) is 5.32 Å². The number of nitrogens with one attached hydrogen (secondary N) is 1. The molecule has 1 aliphatic rings. The minimum atomic E-state index is -1.17. The highest BCUT2D eigenvalue weighted by atomic mass is 32.2. The Morgan fingerprint density at radius 3 is 3.00 bits per heavy atom. The predicted octanol–water partition coefficient (Wildman–Crippen LogP) is 1.95. The molecule has 2 N–H and O–H groups in total. The second kappa shape index (κ2) is 5.39. The third-order valence-corrected chi connectivity index (χ3v) is 3.78. The number of carbonyl (C=O) groups is 2. The van der Waals surface area contributed by atoms with Crippen LogP contribution in [0.1, 0.15) is 24.4 Å². The Bertz CT molecular complexity index is 492. The van der Waals surface area contributed by atoms with E-state index < -0.39 is 18.3 Å². The maximum Gasteiger partial charge on any atom is 0.312 e. The SMILES string of the molecule is O=C(O)CC(=O)NC1CCSc2ccc(F)cc21. The lowest BCUT2D eigenvalue weighted by molar-refractivity contribution is -0.140. The van der Waals surface area contributed by atoms with Gasteiger partial charge in [0.15, 0.2) is 0 Å². The summed E-state index contributed by atoms with van der Waals surface area (Å²) in [5, 5.41) is 11.2. The van der Waals surface area contributed by atoms with Gasteiger partial charge in [0.05, 0.1) is 6.04 Å². The van der Waals surface area contributed by atoms with Crippen LogP contribution in [0.25, 0.3) is 0 Å². The molecule has 1 atom stereocenters. The van der Waals surface area contributed by atoms with Crippen LogP contribution in [0.2, 0.25) is 0 Å². The van der Waals surface area contributed by atoms with E-state index in [-0.39, 0.29) is 11.9 Å². The first-order valence-electron chi connectivity index (χ1n) is 5.49. The van der Waals surface area contributed by atoms with Crippen LogP contribution >= 0.6 is 11.8 Å². The Labute approximate surface area is 108 Å². The summed E-state index contributed by atoms with van der Waals surface area (Å²) in [6.07, 6.45) is 0.112. The number of hydrogen-bond acceptors (Lipinski definition) is 3. The molecule has 6 heteroatoms. The number of carboxylic acid groups (broad SMARTS) is 1. The Hall–Kier alpha value is -1.56. The van der Waals surface area contributed by atoms with E-state index in [0.717, 1.165) is 16.2 Å². The Morgan fingerprint density at radius 1 is 1.50 bits per heavy atom. The van der Waals surface area contributed by atoms with Gasteiger partial charge in [0, 0.05) is 10.6 Å².